The molecule has 0 aliphatic carbocycles. The maximum absolute atomic E-state index is 12.3. The van der Waals surface area contributed by atoms with E-state index in [4.69, 9.17) is 21.4 Å². The van der Waals surface area contributed by atoms with Gasteiger partial charge in [-0.25, -0.2) is 4.79 Å². The Morgan fingerprint density at radius 2 is 1.83 bits per heavy atom. The SMILES string of the molecule is CN(C(=O)OC(C)(C)C)C(CCCC(=O)O)Cc1ccc(Cl)cc1. The molecule has 0 saturated heterocycles. The number of ether oxygens (including phenoxy) is 1. The highest BCUT2D eigenvalue weighted by Crippen LogP contribution is 2.19. The Labute approximate surface area is 148 Å². The fraction of sp³-hybridized carbons (Fsp3) is 0.556. The summed E-state index contributed by atoms with van der Waals surface area (Å²) in [4.78, 5) is 24.6. The van der Waals surface area contributed by atoms with Gasteiger partial charge in [0.1, 0.15) is 5.60 Å². The molecule has 0 aliphatic heterocycles. The van der Waals surface area contributed by atoms with Crippen molar-refractivity contribution in [1.29, 1.82) is 0 Å². The first-order valence-corrected chi connectivity index (χ1v) is 8.38. The number of rotatable bonds is 7. The molecule has 1 atom stereocenters. The van der Waals surface area contributed by atoms with Gasteiger partial charge in [-0.1, -0.05) is 23.7 Å². The number of carbonyl (C=O) groups excluding carboxylic acids is 1. The highest BCUT2D eigenvalue weighted by Gasteiger charge is 2.25. The Kier molecular flexibility index (Phi) is 7.55. The van der Waals surface area contributed by atoms with Crippen LogP contribution in [0.2, 0.25) is 5.02 Å². The smallest absolute Gasteiger partial charge is 0.410 e. The molecule has 1 aromatic rings. The molecule has 6 heteroatoms. The van der Waals surface area contributed by atoms with Gasteiger partial charge in [0.2, 0.25) is 0 Å². The van der Waals surface area contributed by atoms with Crippen LogP contribution in [0.3, 0.4) is 0 Å². The molecule has 5 nitrogen and oxygen atoms in total. The molecule has 0 spiro atoms. The van der Waals surface area contributed by atoms with E-state index in [9.17, 15) is 9.59 Å². The summed E-state index contributed by atoms with van der Waals surface area (Å²) in [6.45, 7) is 5.45. The number of benzene rings is 1. The van der Waals surface area contributed by atoms with Gasteiger partial charge in [-0.05, 0) is 57.7 Å². The molecule has 1 amide bonds. The molecule has 24 heavy (non-hydrogen) atoms. The van der Waals surface area contributed by atoms with Gasteiger partial charge in [-0.2, -0.15) is 0 Å². The molecule has 0 heterocycles. The molecule has 1 rings (SSSR count). The fourth-order valence-electron chi connectivity index (χ4n) is 2.30. The maximum atomic E-state index is 12.3. The van der Waals surface area contributed by atoms with Crippen LogP contribution in [0.5, 0.6) is 0 Å². The Balaban J connectivity index is 2.80. The first-order valence-electron chi connectivity index (χ1n) is 8.00. The lowest BCUT2D eigenvalue weighted by Gasteiger charge is -2.31. The van der Waals surface area contributed by atoms with E-state index in [1.54, 1.807) is 24.1 Å². The highest BCUT2D eigenvalue weighted by atomic mass is 35.5. The van der Waals surface area contributed by atoms with Gasteiger partial charge in [0.15, 0.2) is 0 Å². The van der Waals surface area contributed by atoms with Crippen LogP contribution in [0, 0.1) is 0 Å². The molecule has 0 aliphatic rings. The first kappa shape index (κ1) is 20.3. The number of carboxylic acid groups (broad SMARTS) is 1. The highest BCUT2D eigenvalue weighted by molar-refractivity contribution is 6.30. The molecular weight excluding hydrogens is 330 g/mol. The number of halogens is 1. The van der Waals surface area contributed by atoms with Gasteiger partial charge in [-0.15, -0.1) is 0 Å². The summed E-state index contributed by atoms with van der Waals surface area (Å²) < 4.78 is 5.41. The molecule has 0 fully saturated rings. The summed E-state index contributed by atoms with van der Waals surface area (Å²) in [5.41, 5.74) is 0.465. The predicted octanol–water partition coefficient (Wildman–Crippen LogP) is 4.37. The lowest BCUT2D eigenvalue weighted by molar-refractivity contribution is -0.137. The van der Waals surface area contributed by atoms with Gasteiger partial charge in [0.05, 0.1) is 0 Å². The average Bonchev–Trinajstić information content (AvgIpc) is 2.45. The van der Waals surface area contributed by atoms with Crippen molar-refractivity contribution in [2.75, 3.05) is 7.05 Å². The molecule has 1 unspecified atom stereocenters. The van der Waals surface area contributed by atoms with Crippen LogP contribution in [0.15, 0.2) is 24.3 Å². The average molecular weight is 356 g/mol. The van der Waals surface area contributed by atoms with E-state index in [1.807, 2.05) is 32.9 Å². The zero-order valence-electron chi connectivity index (χ0n) is 14.7. The molecule has 134 valence electrons. The number of nitrogens with zero attached hydrogens (tertiary/aromatic N) is 1. The molecule has 0 radical (unpaired) electrons. The topological polar surface area (TPSA) is 66.8 Å². The zero-order chi connectivity index (χ0) is 18.3. The van der Waals surface area contributed by atoms with Crippen molar-refractivity contribution in [3.05, 3.63) is 34.9 Å². The quantitative estimate of drug-likeness (QED) is 0.788. The van der Waals surface area contributed by atoms with Crippen LogP contribution >= 0.6 is 11.6 Å². The van der Waals surface area contributed by atoms with E-state index < -0.39 is 17.7 Å². The van der Waals surface area contributed by atoms with E-state index >= 15 is 0 Å². The summed E-state index contributed by atoms with van der Waals surface area (Å²) >= 11 is 5.90. The first-order chi connectivity index (χ1) is 11.1. The van der Waals surface area contributed by atoms with E-state index in [0.29, 0.717) is 24.3 Å². The fourth-order valence-corrected chi connectivity index (χ4v) is 2.42. The van der Waals surface area contributed by atoms with E-state index in [2.05, 4.69) is 0 Å². The third kappa shape index (κ3) is 7.68. The van der Waals surface area contributed by atoms with Gasteiger partial charge < -0.3 is 14.7 Å². The summed E-state index contributed by atoms with van der Waals surface area (Å²) in [7, 11) is 1.69. The second-order valence-electron chi connectivity index (χ2n) is 6.86. The number of hydrogen-bond acceptors (Lipinski definition) is 3. The summed E-state index contributed by atoms with van der Waals surface area (Å²) in [5, 5.41) is 9.48. The Bertz CT molecular complexity index is 551. The minimum Gasteiger partial charge on any atom is -0.481 e. The predicted molar refractivity (Wildman–Crippen MR) is 94.4 cm³/mol. The van der Waals surface area contributed by atoms with E-state index in [-0.39, 0.29) is 12.5 Å². The maximum Gasteiger partial charge on any atom is 0.410 e. The van der Waals surface area contributed by atoms with Crippen molar-refractivity contribution in [2.24, 2.45) is 0 Å². The summed E-state index contributed by atoms with van der Waals surface area (Å²) in [6, 6.07) is 7.29. The van der Waals surface area contributed by atoms with Crippen molar-refractivity contribution in [3.8, 4) is 0 Å². The molecule has 0 bridgehead atoms. The van der Waals surface area contributed by atoms with Crippen LogP contribution in [0.4, 0.5) is 4.79 Å². The number of likely N-dealkylation sites (N-methyl/N-ethyl adjacent to an activating group) is 1. The number of aliphatic carboxylic acids is 1. The van der Waals surface area contributed by atoms with Crippen LogP contribution < -0.4 is 0 Å². The zero-order valence-corrected chi connectivity index (χ0v) is 15.5. The Morgan fingerprint density at radius 3 is 2.33 bits per heavy atom. The number of amides is 1. The van der Waals surface area contributed by atoms with Crippen molar-refractivity contribution < 1.29 is 19.4 Å². The molecular formula is C18H26ClNO4. The normalized spacial score (nSPS) is 12.5. The number of carboxylic acids is 1. The number of carbonyl (C=O) groups is 2. The second kappa shape index (κ2) is 8.92. The van der Waals surface area contributed by atoms with Crippen molar-refractivity contribution in [1.82, 2.24) is 4.90 Å². The standard InChI is InChI=1S/C18H26ClNO4/c1-18(2,3)24-17(23)20(4)15(6-5-7-16(21)22)12-13-8-10-14(19)11-9-13/h8-11,15H,5-7,12H2,1-4H3,(H,21,22). The molecule has 1 aromatic carbocycles. The van der Waals surface area contributed by atoms with Gasteiger partial charge >= 0.3 is 12.1 Å². The third-order valence-corrected chi connectivity index (χ3v) is 3.79. The van der Waals surface area contributed by atoms with E-state index in [1.165, 1.54) is 0 Å². The van der Waals surface area contributed by atoms with E-state index in [0.717, 1.165) is 5.56 Å². The van der Waals surface area contributed by atoms with Crippen LogP contribution in [0.1, 0.15) is 45.6 Å². The lowest BCUT2D eigenvalue weighted by Crippen LogP contribution is -2.41. The Hall–Kier alpha value is -1.75. The summed E-state index contributed by atoms with van der Waals surface area (Å²) in [5.74, 6) is -0.833. The molecule has 0 aromatic heterocycles. The van der Waals surface area contributed by atoms with Gasteiger partial charge in [0, 0.05) is 24.5 Å². The van der Waals surface area contributed by atoms with Gasteiger partial charge in [-0.3, -0.25) is 4.79 Å². The summed E-state index contributed by atoms with van der Waals surface area (Å²) in [6.07, 6.45) is 1.38. The molecule has 1 N–H and O–H groups in total. The monoisotopic (exact) mass is 355 g/mol. The van der Waals surface area contributed by atoms with Crippen LogP contribution in [-0.2, 0) is 16.0 Å². The minimum atomic E-state index is -0.833. The largest absolute Gasteiger partial charge is 0.481 e. The Morgan fingerprint density at radius 1 is 1.25 bits per heavy atom. The number of hydrogen-bond donors (Lipinski definition) is 1. The third-order valence-electron chi connectivity index (χ3n) is 3.54. The second-order valence-corrected chi connectivity index (χ2v) is 7.30. The van der Waals surface area contributed by atoms with Crippen molar-refractivity contribution in [3.63, 3.8) is 0 Å². The van der Waals surface area contributed by atoms with Crippen molar-refractivity contribution >= 4 is 23.7 Å². The molecule has 0 saturated carbocycles. The van der Waals surface area contributed by atoms with Crippen LogP contribution in [-0.4, -0.2) is 40.8 Å². The van der Waals surface area contributed by atoms with Gasteiger partial charge in [0.25, 0.3) is 0 Å². The lowest BCUT2D eigenvalue weighted by atomic mass is 10.00. The minimum absolute atomic E-state index is 0.0826. The van der Waals surface area contributed by atoms with Crippen molar-refractivity contribution in [2.45, 2.75) is 58.1 Å². The van der Waals surface area contributed by atoms with Crippen LogP contribution in [0.25, 0.3) is 0 Å².